The monoisotopic (exact) mass is 252 g/mol. The molecule has 4 heteroatoms. The molecule has 0 fully saturated rings. The highest BCUT2D eigenvalue weighted by molar-refractivity contribution is 5.65. The van der Waals surface area contributed by atoms with Crippen LogP contribution in [0, 0.1) is 18.3 Å². The number of aromatic nitrogens is 2. The van der Waals surface area contributed by atoms with Crippen molar-refractivity contribution in [3.63, 3.8) is 0 Å². The van der Waals surface area contributed by atoms with Gasteiger partial charge in [0.2, 0.25) is 5.95 Å². The van der Waals surface area contributed by atoms with E-state index in [9.17, 15) is 0 Å². The topological polar surface area (TPSA) is 61.6 Å². The summed E-state index contributed by atoms with van der Waals surface area (Å²) in [5, 5.41) is 12.1. The summed E-state index contributed by atoms with van der Waals surface area (Å²) in [6.07, 6.45) is 2.83. The Kier molecular flexibility index (Phi) is 4.09. The third-order valence-corrected chi connectivity index (χ3v) is 2.77. The van der Waals surface area contributed by atoms with Crippen LogP contribution in [0.15, 0.2) is 30.5 Å². The normalized spacial score (nSPS) is 9.95. The predicted molar refractivity (Wildman–Crippen MR) is 75.7 cm³/mol. The molecular formula is C15H16N4. The zero-order valence-corrected chi connectivity index (χ0v) is 11.1. The Morgan fingerprint density at radius 3 is 2.95 bits per heavy atom. The first-order chi connectivity index (χ1) is 9.24. The number of hydrogen-bond donors (Lipinski definition) is 1. The molecule has 0 unspecified atom stereocenters. The van der Waals surface area contributed by atoms with E-state index in [1.54, 1.807) is 12.3 Å². The Bertz CT molecular complexity index is 614. The van der Waals surface area contributed by atoms with Crippen LogP contribution in [0.5, 0.6) is 0 Å². The highest BCUT2D eigenvalue weighted by Crippen LogP contribution is 2.22. The van der Waals surface area contributed by atoms with Gasteiger partial charge in [-0.25, -0.2) is 9.97 Å². The average molecular weight is 252 g/mol. The minimum atomic E-state index is 0.629. The Morgan fingerprint density at radius 2 is 2.21 bits per heavy atom. The lowest BCUT2D eigenvalue weighted by atomic mass is 10.1. The first-order valence-electron chi connectivity index (χ1n) is 6.32. The molecule has 2 rings (SSSR count). The maximum absolute atomic E-state index is 8.95. The molecule has 1 N–H and O–H groups in total. The molecule has 4 nitrogen and oxygen atoms in total. The Hall–Kier alpha value is -2.41. The summed E-state index contributed by atoms with van der Waals surface area (Å²) in [4.78, 5) is 8.78. The molecule has 1 aromatic carbocycles. The third-order valence-electron chi connectivity index (χ3n) is 2.77. The Labute approximate surface area is 113 Å². The van der Waals surface area contributed by atoms with E-state index in [2.05, 4.69) is 28.3 Å². The lowest BCUT2D eigenvalue weighted by Gasteiger charge is -2.08. The van der Waals surface area contributed by atoms with Gasteiger partial charge >= 0.3 is 0 Å². The molecule has 0 aliphatic heterocycles. The van der Waals surface area contributed by atoms with E-state index in [0.717, 1.165) is 29.8 Å². The van der Waals surface area contributed by atoms with Crippen molar-refractivity contribution in [3.8, 4) is 17.3 Å². The van der Waals surface area contributed by atoms with Crippen LogP contribution in [0.1, 0.15) is 24.5 Å². The van der Waals surface area contributed by atoms with Crippen molar-refractivity contribution in [2.45, 2.75) is 20.3 Å². The number of hydrogen-bond acceptors (Lipinski definition) is 4. The molecule has 0 spiro atoms. The standard InChI is InChI=1S/C15H16N4/c1-3-7-17-15-18-10-11(2)14(19-15)13-6-4-5-12(8-13)9-16/h4-6,8,10H,3,7H2,1-2H3,(H,17,18,19). The number of aryl methyl sites for hydroxylation is 1. The van der Waals surface area contributed by atoms with E-state index in [1.165, 1.54) is 0 Å². The lowest BCUT2D eigenvalue weighted by molar-refractivity contribution is 0.951. The van der Waals surface area contributed by atoms with Gasteiger partial charge in [0.15, 0.2) is 0 Å². The van der Waals surface area contributed by atoms with Crippen LogP contribution in [0.3, 0.4) is 0 Å². The first kappa shape index (κ1) is 13.0. The van der Waals surface area contributed by atoms with Crippen molar-refractivity contribution in [2.75, 3.05) is 11.9 Å². The molecule has 0 amide bonds. The van der Waals surface area contributed by atoms with Crippen LogP contribution < -0.4 is 5.32 Å². The van der Waals surface area contributed by atoms with Crippen molar-refractivity contribution in [1.82, 2.24) is 9.97 Å². The fraction of sp³-hybridized carbons (Fsp3) is 0.267. The van der Waals surface area contributed by atoms with E-state index in [1.807, 2.05) is 25.1 Å². The molecule has 0 bridgehead atoms. The molecule has 0 atom stereocenters. The summed E-state index contributed by atoms with van der Waals surface area (Å²) in [5.74, 6) is 0.629. The second-order valence-corrected chi connectivity index (χ2v) is 4.34. The molecule has 2 aromatic rings. The van der Waals surface area contributed by atoms with Gasteiger partial charge in [-0.2, -0.15) is 5.26 Å². The number of benzene rings is 1. The lowest BCUT2D eigenvalue weighted by Crippen LogP contribution is -2.05. The molecule has 96 valence electrons. The Balaban J connectivity index is 2.40. The maximum atomic E-state index is 8.95. The van der Waals surface area contributed by atoms with Crippen LogP contribution >= 0.6 is 0 Å². The van der Waals surface area contributed by atoms with Crippen molar-refractivity contribution >= 4 is 5.95 Å². The number of nitrogens with one attached hydrogen (secondary N) is 1. The SMILES string of the molecule is CCCNc1ncc(C)c(-c2cccc(C#N)c2)n1. The zero-order valence-electron chi connectivity index (χ0n) is 11.1. The molecule has 0 saturated heterocycles. The number of nitriles is 1. The average Bonchev–Trinajstić information content (AvgIpc) is 2.46. The maximum Gasteiger partial charge on any atom is 0.223 e. The van der Waals surface area contributed by atoms with Gasteiger partial charge in [0, 0.05) is 18.3 Å². The van der Waals surface area contributed by atoms with Gasteiger partial charge in [0.1, 0.15) is 0 Å². The number of rotatable bonds is 4. The van der Waals surface area contributed by atoms with Crippen LogP contribution in [0.2, 0.25) is 0 Å². The predicted octanol–water partition coefficient (Wildman–Crippen LogP) is 3.15. The van der Waals surface area contributed by atoms with Gasteiger partial charge in [0.25, 0.3) is 0 Å². The number of nitrogens with zero attached hydrogens (tertiary/aromatic N) is 3. The summed E-state index contributed by atoms with van der Waals surface area (Å²) in [6, 6.07) is 9.61. The summed E-state index contributed by atoms with van der Waals surface area (Å²) in [5.41, 5.74) is 3.44. The van der Waals surface area contributed by atoms with E-state index < -0.39 is 0 Å². The molecule has 0 radical (unpaired) electrons. The van der Waals surface area contributed by atoms with Gasteiger partial charge in [0.05, 0.1) is 17.3 Å². The minimum absolute atomic E-state index is 0.629. The van der Waals surface area contributed by atoms with E-state index in [-0.39, 0.29) is 0 Å². The van der Waals surface area contributed by atoms with Crippen molar-refractivity contribution < 1.29 is 0 Å². The molecule has 0 saturated carbocycles. The second-order valence-electron chi connectivity index (χ2n) is 4.34. The van der Waals surface area contributed by atoms with Crippen LogP contribution in [-0.4, -0.2) is 16.5 Å². The minimum Gasteiger partial charge on any atom is -0.354 e. The van der Waals surface area contributed by atoms with E-state index in [4.69, 9.17) is 5.26 Å². The summed E-state index contributed by atoms with van der Waals surface area (Å²) in [7, 11) is 0. The first-order valence-corrected chi connectivity index (χ1v) is 6.32. The summed E-state index contributed by atoms with van der Waals surface area (Å²) >= 11 is 0. The summed E-state index contributed by atoms with van der Waals surface area (Å²) < 4.78 is 0. The van der Waals surface area contributed by atoms with E-state index >= 15 is 0 Å². The van der Waals surface area contributed by atoms with Gasteiger partial charge in [-0.05, 0) is 31.0 Å². The molecule has 1 aromatic heterocycles. The molecule has 0 aliphatic rings. The third kappa shape index (κ3) is 3.08. The number of anilines is 1. The van der Waals surface area contributed by atoms with Crippen molar-refractivity contribution in [2.24, 2.45) is 0 Å². The molecule has 1 heterocycles. The quantitative estimate of drug-likeness (QED) is 0.908. The highest BCUT2D eigenvalue weighted by atomic mass is 15.1. The smallest absolute Gasteiger partial charge is 0.223 e. The molecule has 0 aliphatic carbocycles. The van der Waals surface area contributed by atoms with Crippen molar-refractivity contribution in [3.05, 3.63) is 41.6 Å². The van der Waals surface area contributed by atoms with E-state index in [0.29, 0.717) is 11.5 Å². The molecular weight excluding hydrogens is 236 g/mol. The van der Waals surface area contributed by atoms with Crippen LogP contribution in [0.4, 0.5) is 5.95 Å². The molecule has 19 heavy (non-hydrogen) atoms. The van der Waals surface area contributed by atoms with Gasteiger partial charge < -0.3 is 5.32 Å². The van der Waals surface area contributed by atoms with Gasteiger partial charge in [-0.3, -0.25) is 0 Å². The summed E-state index contributed by atoms with van der Waals surface area (Å²) in [6.45, 7) is 4.91. The van der Waals surface area contributed by atoms with Crippen LogP contribution in [-0.2, 0) is 0 Å². The van der Waals surface area contributed by atoms with Crippen molar-refractivity contribution in [1.29, 1.82) is 5.26 Å². The van der Waals surface area contributed by atoms with Crippen LogP contribution in [0.25, 0.3) is 11.3 Å². The fourth-order valence-electron chi connectivity index (χ4n) is 1.79. The zero-order chi connectivity index (χ0) is 13.7. The largest absolute Gasteiger partial charge is 0.354 e. The fourth-order valence-corrected chi connectivity index (χ4v) is 1.79. The highest BCUT2D eigenvalue weighted by Gasteiger charge is 2.07. The Morgan fingerprint density at radius 1 is 1.37 bits per heavy atom. The second kappa shape index (κ2) is 5.96. The van der Waals surface area contributed by atoms with Gasteiger partial charge in [-0.1, -0.05) is 19.1 Å². The van der Waals surface area contributed by atoms with Gasteiger partial charge in [-0.15, -0.1) is 0 Å².